The average Bonchev–Trinajstić information content (AvgIpc) is 2.42. The second-order valence-electron chi connectivity index (χ2n) is 6.65. The number of benzene rings is 1. The number of hydrogen-bond acceptors (Lipinski definition) is 2. The van der Waals surface area contributed by atoms with E-state index < -0.39 is 0 Å². The van der Waals surface area contributed by atoms with Crippen molar-refractivity contribution in [1.29, 1.82) is 0 Å². The molecule has 0 amide bonds. The zero-order valence-corrected chi connectivity index (χ0v) is 13.5. The van der Waals surface area contributed by atoms with Crippen LogP contribution in [-0.4, -0.2) is 30.1 Å². The summed E-state index contributed by atoms with van der Waals surface area (Å²) in [6.07, 6.45) is 2.51. The van der Waals surface area contributed by atoms with E-state index in [0.29, 0.717) is 12.1 Å². The van der Waals surface area contributed by atoms with Crippen molar-refractivity contribution < 1.29 is 0 Å². The molecule has 112 valence electrons. The Morgan fingerprint density at radius 2 is 2.05 bits per heavy atom. The maximum absolute atomic E-state index is 3.71. The van der Waals surface area contributed by atoms with Gasteiger partial charge in [-0.25, -0.2) is 0 Å². The molecular weight excluding hydrogens is 244 g/mol. The number of nitrogens with one attached hydrogen (secondary N) is 1. The highest BCUT2D eigenvalue weighted by Gasteiger charge is 2.27. The van der Waals surface area contributed by atoms with Gasteiger partial charge in [-0.05, 0) is 36.8 Å². The third-order valence-corrected chi connectivity index (χ3v) is 4.48. The Morgan fingerprint density at radius 1 is 1.30 bits per heavy atom. The quantitative estimate of drug-likeness (QED) is 0.882. The fraction of sp³-hybridized carbons (Fsp3) is 0.667. The minimum absolute atomic E-state index is 0.655. The van der Waals surface area contributed by atoms with E-state index in [-0.39, 0.29) is 0 Å². The molecule has 1 heterocycles. The monoisotopic (exact) mass is 274 g/mol. The van der Waals surface area contributed by atoms with E-state index in [0.717, 1.165) is 19.0 Å². The molecule has 1 aromatic rings. The van der Waals surface area contributed by atoms with Crippen LogP contribution in [0.5, 0.6) is 0 Å². The van der Waals surface area contributed by atoms with Gasteiger partial charge in [-0.15, -0.1) is 0 Å². The molecule has 0 bridgehead atoms. The van der Waals surface area contributed by atoms with Gasteiger partial charge in [-0.3, -0.25) is 4.90 Å². The second-order valence-corrected chi connectivity index (χ2v) is 6.65. The Balaban J connectivity index is 2.08. The van der Waals surface area contributed by atoms with Crippen LogP contribution in [0.25, 0.3) is 0 Å². The summed E-state index contributed by atoms with van der Waals surface area (Å²) < 4.78 is 0. The first kappa shape index (κ1) is 15.5. The zero-order chi connectivity index (χ0) is 14.5. The standard InChI is InChI=1S/C18H30N2/c1-5-17-13-20(18(11-19-17)10-14(2)3)12-16-9-7-6-8-15(16)4/h6-9,14,17-19H,5,10-13H2,1-4H3. The van der Waals surface area contributed by atoms with Crippen molar-refractivity contribution in [3.8, 4) is 0 Å². The minimum Gasteiger partial charge on any atom is -0.311 e. The summed E-state index contributed by atoms with van der Waals surface area (Å²) in [7, 11) is 0. The lowest BCUT2D eigenvalue weighted by Gasteiger charge is -2.41. The fourth-order valence-electron chi connectivity index (χ4n) is 3.18. The summed E-state index contributed by atoms with van der Waals surface area (Å²) in [6.45, 7) is 12.6. The minimum atomic E-state index is 0.655. The number of hydrogen-bond donors (Lipinski definition) is 1. The Kier molecular flexibility index (Phi) is 5.62. The zero-order valence-electron chi connectivity index (χ0n) is 13.5. The van der Waals surface area contributed by atoms with Crippen molar-refractivity contribution in [2.45, 2.75) is 59.2 Å². The molecule has 0 aromatic heterocycles. The third-order valence-electron chi connectivity index (χ3n) is 4.48. The Morgan fingerprint density at radius 3 is 2.70 bits per heavy atom. The van der Waals surface area contributed by atoms with Crippen LogP contribution in [-0.2, 0) is 6.54 Å². The molecule has 1 aromatic carbocycles. The molecule has 2 rings (SSSR count). The predicted octanol–water partition coefficient (Wildman–Crippen LogP) is 3.59. The number of nitrogens with zero attached hydrogens (tertiary/aromatic N) is 1. The molecule has 20 heavy (non-hydrogen) atoms. The fourth-order valence-corrected chi connectivity index (χ4v) is 3.18. The summed E-state index contributed by atoms with van der Waals surface area (Å²) in [5, 5.41) is 3.71. The lowest BCUT2D eigenvalue weighted by Crippen LogP contribution is -2.56. The van der Waals surface area contributed by atoms with Crippen LogP contribution >= 0.6 is 0 Å². The highest BCUT2D eigenvalue weighted by Crippen LogP contribution is 2.20. The summed E-state index contributed by atoms with van der Waals surface area (Å²) in [5.74, 6) is 0.763. The van der Waals surface area contributed by atoms with Gasteiger partial charge < -0.3 is 5.32 Å². The van der Waals surface area contributed by atoms with E-state index >= 15 is 0 Å². The predicted molar refractivity (Wildman–Crippen MR) is 86.9 cm³/mol. The van der Waals surface area contributed by atoms with Gasteiger partial charge in [0.25, 0.3) is 0 Å². The molecule has 1 aliphatic rings. The van der Waals surface area contributed by atoms with Gasteiger partial charge in [0.2, 0.25) is 0 Å². The maximum Gasteiger partial charge on any atom is 0.0240 e. The van der Waals surface area contributed by atoms with Gasteiger partial charge in [0.1, 0.15) is 0 Å². The first-order valence-corrected chi connectivity index (χ1v) is 8.12. The Labute approximate surface area is 124 Å². The normalized spacial score (nSPS) is 24.2. The molecule has 1 saturated heterocycles. The first-order chi connectivity index (χ1) is 9.60. The van der Waals surface area contributed by atoms with Gasteiger partial charge in [-0.2, -0.15) is 0 Å². The second kappa shape index (κ2) is 7.24. The van der Waals surface area contributed by atoms with E-state index in [4.69, 9.17) is 0 Å². The Bertz CT molecular complexity index is 414. The summed E-state index contributed by atoms with van der Waals surface area (Å²) in [4.78, 5) is 2.70. The van der Waals surface area contributed by atoms with Crippen LogP contribution in [0.1, 0.15) is 44.7 Å². The van der Waals surface area contributed by atoms with E-state index in [9.17, 15) is 0 Å². The van der Waals surface area contributed by atoms with Gasteiger partial charge in [0.15, 0.2) is 0 Å². The molecule has 1 fully saturated rings. The number of piperazine rings is 1. The third kappa shape index (κ3) is 4.07. The van der Waals surface area contributed by atoms with Gasteiger partial charge in [0.05, 0.1) is 0 Å². The largest absolute Gasteiger partial charge is 0.311 e. The topological polar surface area (TPSA) is 15.3 Å². The van der Waals surface area contributed by atoms with Crippen molar-refractivity contribution >= 4 is 0 Å². The SMILES string of the molecule is CCC1CN(Cc2ccccc2C)C(CC(C)C)CN1. The van der Waals surface area contributed by atoms with Crippen molar-refractivity contribution in [2.75, 3.05) is 13.1 Å². The lowest BCUT2D eigenvalue weighted by molar-refractivity contribution is 0.105. The van der Waals surface area contributed by atoms with Gasteiger partial charge in [-0.1, -0.05) is 45.0 Å². The highest BCUT2D eigenvalue weighted by molar-refractivity contribution is 5.25. The van der Waals surface area contributed by atoms with E-state index in [2.05, 4.69) is 62.2 Å². The molecule has 0 spiro atoms. The van der Waals surface area contributed by atoms with E-state index in [1.807, 2.05) is 0 Å². The van der Waals surface area contributed by atoms with Crippen molar-refractivity contribution in [3.63, 3.8) is 0 Å². The lowest BCUT2D eigenvalue weighted by atomic mass is 9.97. The summed E-state index contributed by atoms with van der Waals surface area (Å²) in [6, 6.07) is 10.1. The van der Waals surface area contributed by atoms with Crippen LogP contribution in [0, 0.1) is 12.8 Å². The number of aryl methyl sites for hydroxylation is 1. The van der Waals surface area contributed by atoms with Crippen molar-refractivity contribution in [2.24, 2.45) is 5.92 Å². The van der Waals surface area contributed by atoms with E-state index in [1.54, 1.807) is 0 Å². The van der Waals surface area contributed by atoms with Crippen LogP contribution in [0.2, 0.25) is 0 Å². The Hall–Kier alpha value is -0.860. The van der Waals surface area contributed by atoms with E-state index in [1.165, 1.54) is 30.5 Å². The smallest absolute Gasteiger partial charge is 0.0240 e. The molecule has 2 unspecified atom stereocenters. The van der Waals surface area contributed by atoms with Gasteiger partial charge in [0, 0.05) is 31.7 Å². The molecular formula is C18H30N2. The molecule has 2 atom stereocenters. The molecule has 0 aliphatic carbocycles. The van der Waals surface area contributed by atoms with Crippen LogP contribution in [0.15, 0.2) is 24.3 Å². The molecule has 2 nitrogen and oxygen atoms in total. The first-order valence-electron chi connectivity index (χ1n) is 8.12. The van der Waals surface area contributed by atoms with Crippen molar-refractivity contribution in [3.05, 3.63) is 35.4 Å². The molecule has 0 radical (unpaired) electrons. The van der Waals surface area contributed by atoms with Crippen LogP contribution < -0.4 is 5.32 Å². The summed E-state index contributed by atoms with van der Waals surface area (Å²) >= 11 is 0. The van der Waals surface area contributed by atoms with Crippen LogP contribution in [0.4, 0.5) is 0 Å². The highest BCUT2D eigenvalue weighted by atomic mass is 15.2. The maximum atomic E-state index is 3.71. The van der Waals surface area contributed by atoms with Gasteiger partial charge >= 0.3 is 0 Å². The van der Waals surface area contributed by atoms with Crippen LogP contribution in [0.3, 0.4) is 0 Å². The number of rotatable bonds is 5. The molecule has 1 N–H and O–H groups in total. The molecule has 0 saturated carbocycles. The molecule has 2 heteroatoms. The summed E-state index contributed by atoms with van der Waals surface area (Å²) in [5.41, 5.74) is 2.90. The van der Waals surface area contributed by atoms with Crippen molar-refractivity contribution in [1.82, 2.24) is 10.2 Å². The average molecular weight is 274 g/mol. The molecule has 1 aliphatic heterocycles.